The Bertz CT molecular complexity index is 1220. The molecule has 186 valence electrons. The van der Waals surface area contributed by atoms with Crippen molar-refractivity contribution in [1.82, 2.24) is 10.2 Å². The first-order valence-electron chi connectivity index (χ1n) is 12.3. The summed E-state index contributed by atoms with van der Waals surface area (Å²) in [6.45, 7) is 5.29. The smallest absolute Gasteiger partial charge is 0.321 e. The number of hydrogen-bond acceptors (Lipinski definition) is 3. The van der Waals surface area contributed by atoms with E-state index in [2.05, 4.69) is 47.9 Å². The van der Waals surface area contributed by atoms with Gasteiger partial charge in [-0.15, -0.1) is 0 Å². The van der Waals surface area contributed by atoms with Gasteiger partial charge < -0.3 is 15.5 Å². The standard InChI is InChI=1S/C29H30Cl2N4O/c1-2-12-33-20-29(24-8-6-22(7-9-24)23-5-3-4-21(15-23)19-32)10-13-35(14-11-29)28(36)34-27-17-25(30)16-26(31)18-27/h3-9,15-18,33H,2,10-14,20H2,1H3,(H,34,36). The Hall–Kier alpha value is -3.04. The molecule has 2 N–H and O–H groups in total. The molecule has 4 rings (SSSR count). The number of rotatable bonds is 7. The average molecular weight is 521 g/mol. The van der Waals surface area contributed by atoms with E-state index in [1.54, 1.807) is 18.2 Å². The van der Waals surface area contributed by atoms with Crippen molar-refractivity contribution in [2.24, 2.45) is 0 Å². The fraction of sp³-hybridized carbons (Fsp3) is 0.310. The van der Waals surface area contributed by atoms with E-state index in [-0.39, 0.29) is 11.4 Å². The monoisotopic (exact) mass is 520 g/mol. The van der Waals surface area contributed by atoms with Gasteiger partial charge in [-0.2, -0.15) is 5.26 Å². The second kappa shape index (κ2) is 11.8. The number of anilines is 1. The maximum atomic E-state index is 12.9. The molecule has 0 aromatic heterocycles. The normalized spacial score (nSPS) is 14.8. The highest BCUT2D eigenvalue weighted by atomic mass is 35.5. The Kier molecular flexibility index (Phi) is 8.53. The van der Waals surface area contributed by atoms with Crippen molar-refractivity contribution in [2.75, 3.05) is 31.5 Å². The van der Waals surface area contributed by atoms with E-state index in [1.807, 2.05) is 29.2 Å². The van der Waals surface area contributed by atoms with Gasteiger partial charge >= 0.3 is 6.03 Å². The molecule has 3 aromatic rings. The Balaban J connectivity index is 1.49. The molecule has 1 aliphatic heterocycles. The first-order valence-corrected chi connectivity index (χ1v) is 13.0. The minimum Gasteiger partial charge on any atom is -0.324 e. The van der Waals surface area contributed by atoms with Gasteiger partial charge in [-0.25, -0.2) is 4.79 Å². The van der Waals surface area contributed by atoms with Crippen LogP contribution < -0.4 is 10.6 Å². The van der Waals surface area contributed by atoms with Crippen molar-refractivity contribution < 1.29 is 4.79 Å². The van der Waals surface area contributed by atoms with Crippen LogP contribution in [0.5, 0.6) is 0 Å². The van der Waals surface area contributed by atoms with Crippen LogP contribution in [0.4, 0.5) is 10.5 Å². The third kappa shape index (κ3) is 6.20. The number of urea groups is 1. The van der Waals surface area contributed by atoms with Crippen LogP contribution in [0.3, 0.4) is 0 Å². The van der Waals surface area contributed by atoms with Gasteiger partial charge in [0.25, 0.3) is 0 Å². The number of carbonyl (C=O) groups is 1. The van der Waals surface area contributed by atoms with Gasteiger partial charge in [0.2, 0.25) is 0 Å². The first kappa shape index (κ1) is 26.0. The van der Waals surface area contributed by atoms with Crippen LogP contribution >= 0.6 is 23.2 Å². The van der Waals surface area contributed by atoms with E-state index in [4.69, 9.17) is 23.2 Å². The zero-order valence-corrected chi connectivity index (χ0v) is 21.9. The third-order valence-corrected chi connectivity index (χ3v) is 7.27. The molecule has 0 bridgehead atoms. The van der Waals surface area contributed by atoms with E-state index in [9.17, 15) is 10.1 Å². The van der Waals surface area contributed by atoms with Crippen LogP contribution in [-0.4, -0.2) is 37.1 Å². The Morgan fingerprint density at radius 1 is 1.00 bits per heavy atom. The zero-order valence-electron chi connectivity index (χ0n) is 20.4. The number of benzene rings is 3. The SMILES string of the molecule is CCCNCC1(c2ccc(-c3cccc(C#N)c3)cc2)CCN(C(=O)Nc2cc(Cl)cc(Cl)c2)CC1. The zero-order chi connectivity index (χ0) is 25.5. The number of piperidine rings is 1. The number of nitriles is 1. The van der Waals surface area contributed by atoms with Crippen molar-refractivity contribution >= 4 is 34.9 Å². The molecule has 0 saturated carbocycles. The second-order valence-electron chi connectivity index (χ2n) is 9.30. The topological polar surface area (TPSA) is 68.2 Å². The number of hydrogen-bond donors (Lipinski definition) is 2. The van der Waals surface area contributed by atoms with Crippen molar-refractivity contribution in [1.29, 1.82) is 5.26 Å². The summed E-state index contributed by atoms with van der Waals surface area (Å²) in [6, 6.07) is 23.4. The molecule has 0 radical (unpaired) electrons. The third-order valence-electron chi connectivity index (χ3n) is 6.83. The highest BCUT2D eigenvalue weighted by molar-refractivity contribution is 6.35. The molecule has 0 atom stereocenters. The summed E-state index contributed by atoms with van der Waals surface area (Å²) in [5.74, 6) is 0. The molecule has 0 aliphatic carbocycles. The number of nitrogens with zero attached hydrogens (tertiary/aromatic N) is 2. The van der Waals surface area contributed by atoms with E-state index >= 15 is 0 Å². The summed E-state index contributed by atoms with van der Waals surface area (Å²) in [5, 5.41) is 16.7. The molecule has 1 heterocycles. The van der Waals surface area contributed by atoms with Crippen LogP contribution in [0, 0.1) is 11.3 Å². The number of halogens is 2. The van der Waals surface area contributed by atoms with Crippen LogP contribution in [-0.2, 0) is 5.41 Å². The van der Waals surface area contributed by atoms with Gasteiger partial charge in [0.05, 0.1) is 11.6 Å². The Morgan fingerprint density at radius 2 is 1.69 bits per heavy atom. The fourth-order valence-corrected chi connectivity index (χ4v) is 5.35. The van der Waals surface area contributed by atoms with Crippen molar-refractivity contribution in [3.63, 3.8) is 0 Å². The molecule has 1 saturated heterocycles. The van der Waals surface area contributed by atoms with Gasteiger partial charge in [0.1, 0.15) is 0 Å². The van der Waals surface area contributed by atoms with Crippen LogP contribution in [0.25, 0.3) is 11.1 Å². The predicted octanol–water partition coefficient (Wildman–Crippen LogP) is 7.10. The van der Waals surface area contributed by atoms with Gasteiger partial charge in [-0.1, -0.05) is 66.5 Å². The number of nitrogens with one attached hydrogen (secondary N) is 2. The highest BCUT2D eigenvalue weighted by Crippen LogP contribution is 2.36. The van der Waals surface area contributed by atoms with E-state index < -0.39 is 0 Å². The summed E-state index contributed by atoms with van der Waals surface area (Å²) in [7, 11) is 0. The molecule has 1 aliphatic rings. The Labute approximate surface area is 223 Å². The largest absolute Gasteiger partial charge is 0.324 e. The lowest BCUT2D eigenvalue weighted by Crippen LogP contribution is -2.50. The molecule has 0 unspecified atom stereocenters. The van der Waals surface area contributed by atoms with Crippen molar-refractivity contribution in [3.8, 4) is 17.2 Å². The number of amides is 2. The highest BCUT2D eigenvalue weighted by Gasteiger charge is 2.37. The molecule has 3 aromatic carbocycles. The molecule has 0 spiro atoms. The molecule has 2 amide bonds. The molecular weight excluding hydrogens is 491 g/mol. The minimum atomic E-state index is -0.142. The van der Waals surface area contributed by atoms with Crippen molar-refractivity contribution in [3.05, 3.63) is 87.9 Å². The van der Waals surface area contributed by atoms with Gasteiger partial charge in [0, 0.05) is 40.8 Å². The first-order chi connectivity index (χ1) is 17.4. The van der Waals surface area contributed by atoms with E-state index in [0.717, 1.165) is 43.5 Å². The lowest BCUT2D eigenvalue weighted by atomic mass is 9.72. The maximum absolute atomic E-state index is 12.9. The summed E-state index contributed by atoms with van der Waals surface area (Å²) < 4.78 is 0. The molecule has 36 heavy (non-hydrogen) atoms. The van der Waals surface area contributed by atoms with Crippen LogP contribution in [0.15, 0.2) is 66.7 Å². The fourth-order valence-electron chi connectivity index (χ4n) is 4.82. The molecular formula is C29H30Cl2N4O. The Morgan fingerprint density at radius 3 is 2.33 bits per heavy atom. The van der Waals surface area contributed by atoms with E-state index in [0.29, 0.717) is 34.4 Å². The van der Waals surface area contributed by atoms with E-state index in [1.165, 1.54) is 5.56 Å². The predicted molar refractivity (Wildman–Crippen MR) is 148 cm³/mol. The quantitative estimate of drug-likeness (QED) is 0.326. The number of carbonyl (C=O) groups excluding carboxylic acids is 1. The van der Waals surface area contributed by atoms with Crippen molar-refractivity contribution in [2.45, 2.75) is 31.6 Å². The minimum absolute atomic E-state index is 0.0572. The summed E-state index contributed by atoms with van der Waals surface area (Å²) in [5.41, 5.74) is 4.58. The molecule has 1 fully saturated rings. The van der Waals surface area contributed by atoms with Gasteiger partial charge in [-0.3, -0.25) is 0 Å². The number of likely N-dealkylation sites (tertiary alicyclic amines) is 1. The van der Waals surface area contributed by atoms with Crippen LogP contribution in [0.2, 0.25) is 10.0 Å². The lowest BCUT2D eigenvalue weighted by molar-refractivity contribution is 0.166. The molecule has 5 nitrogen and oxygen atoms in total. The lowest BCUT2D eigenvalue weighted by Gasteiger charge is -2.42. The summed E-state index contributed by atoms with van der Waals surface area (Å²) >= 11 is 12.2. The van der Waals surface area contributed by atoms with Gasteiger partial charge in [-0.05, 0) is 72.8 Å². The summed E-state index contributed by atoms with van der Waals surface area (Å²) in [4.78, 5) is 14.8. The molecule has 7 heteroatoms. The summed E-state index contributed by atoms with van der Waals surface area (Å²) in [6.07, 6.45) is 2.79. The second-order valence-corrected chi connectivity index (χ2v) is 10.2. The van der Waals surface area contributed by atoms with Gasteiger partial charge in [0.15, 0.2) is 0 Å². The average Bonchev–Trinajstić information content (AvgIpc) is 2.88. The van der Waals surface area contributed by atoms with Crippen LogP contribution in [0.1, 0.15) is 37.3 Å². The maximum Gasteiger partial charge on any atom is 0.321 e.